The minimum Gasteiger partial charge on any atom is -0.462 e. The zero-order valence-corrected chi connectivity index (χ0v) is 43.6. The van der Waals surface area contributed by atoms with E-state index in [0.29, 0.717) is 19.3 Å². The Morgan fingerprint density at radius 3 is 0.970 bits per heavy atom. The third kappa shape index (κ3) is 53.2. The summed E-state index contributed by atoms with van der Waals surface area (Å²) in [6.07, 6.45) is 72.5. The van der Waals surface area contributed by atoms with Crippen molar-refractivity contribution in [3.63, 3.8) is 0 Å². The van der Waals surface area contributed by atoms with Crippen LogP contribution >= 0.6 is 0 Å². The zero-order chi connectivity index (χ0) is 48.6. The molecule has 1 atom stereocenters. The summed E-state index contributed by atoms with van der Waals surface area (Å²) in [4.78, 5) is 38.1. The normalized spacial score (nSPS) is 12.8. The van der Waals surface area contributed by atoms with Crippen molar-refractivity contribution in [1.82, 2.24) is 0 Å². The zero-order valence-electron chi connectivity index (χ0n) is 43.6. The molecule has 1 unspecified atom stereocenters. The number of hydrogen-bond donors (Lipinski definition) is 0. The van der Waals surface area contributed by atoms with Crippen LogP contribution < -0.4 is 0 Å². The van der Waals surface area contributed by atoms with Crippen LogP contribution in [0.15, 0.2) is 97.2 Å². The fourth-order valence-corrected chi connectivity index (χ4v) is 7.37. The average molecular weight is 931 g/mol. The molecule has 0 amide bonds. The number of ether oxygens (including phenoxy) is 3. The summed E-state index contributed by atoms with van der Waals surface area (Å²) >= 11 is 0. The molecule has 6 nitrogen and oxygen atoms in total. The lowest BCUT2D eigenvalue weighted by Gasteiger charge is -2.18. The van der Waals surface area contributed by atoms with Crippen molar-refractivity contribution in [3.8, 4) is 0 Å². The highest BCUT2D eigenvalue weighted by molar-refractivity contribution is 5.71. The first-order valence-corrected chi connectivity index (χ1v) is 27.7. The summed E-state index contributed by atoms with van der Waals surface area (Å²) in [5, 5.41) is 0. The maximum atomic E-state index is 12.8. The largest absolute Gasteiger partial charge is 0.462 e. The molecule has 0 rings (SSSR count). The van der Waals surface area contributed by atoms with Gasteiger partial charge in [0.25, 0.3) is 0 Å². The van der Waals surface area contributed by atoms with Crippen LogP contribution in [0.1, 0.15) is 252 Å². The molecule has 0 aromatic heterocycles. The lowest BCUT2D eigenvalue weighted by molar-refractivity contribution is -0.167. The first kappa shape index (κ1) is 63.3. The molecule has 6 heteroatoms. The van der Waals surface area contributed by atoms with Gasteiger partial charge in [-0.2, -0.15) is 0 Å². The van der Waals surface area contributed by atoms with Crippen molar-refractivity contribution in [2.24, 2.45) is 0 Å². The molecule has 0 N–H and O–H groups in total. The van der Waals surface area contributed by atoms with E-state index in [4.69, 9.17) is 14.2 Å². The van der Waals surface area contributed by atoms with Gasteiger partial charge in [0, 0.05) is 19.3 Å². The quantitative estimate of drug-likeness (QED) is 0.0262. The molecule has 382 valence electrons. The Bertz CT molecular complexity index is 1350. The van der Waals surface area contributed by atoms with Crippen LogP contribution in [0.4, 0.5) is 0 Å². The van der Waals surface area contributed by atoms with Crippen LogP contribution in [0.2, 0.25) is 0 Å². The van der Waals surface area contributed by atoms with Gasteiger partial charge in [-0.3, -0.25) is 14.4 Å². The van der Waals surface area contributed by atoms with Crippen molar-refractivity contribution in [3.05, 3.63) is 97.2 Å². The third-order valence-corrected chi connectivity index (χ3v) is 11.5. The molecule has 0 aliphatic carbocycles. The molecule has 0 heterocycles. The topological polar surface area (TPSA) is 78.9 Å². The number of rotatable bonds is 49. The Balaban J connectivity index is 4.48. The van der Waals surface area contributed by atoms with Gasteiger partial charge in [0.1, 0.15) is 13.2 Å². The van der Waals surface area contributed by atoms with Crippen molar-refractivity contribution >= 4 is 17.9 Å². The van der Waals surface area contributed by atoms with E-state index in [9.17, 15) is 14.4 Å². The minimum absolute atomic E-state index is 0.1000. The van der Waals surface area contributed by atoms with Crippen molar-refractivity contribution in [2.75, 3.05) is 13.2 Å². The summed E-state index contributed by atoms with van der Waals surface area (Å²) in [6, 6.07) is 0. The first-order valence-electron chi connectivity index (χ1n) is 27.7. The van der Waals surface area contributed by atoms with Gasteiger partial charge >= 0.3 is 17.9 Å². The van der Waals surface area contributed by atoms with Gasteiger partial charge in [0.15, 0.2) is 6.10 Å². The van der Waals surface area contributed by atoms with Gasteiger partial charge in [0.2, 0.25) is 0 Å². The maximum absolute atomic E-state index is 12.8. The summed E-state index contributed by atoms with van der Waals surface area (Å²) < 4.78 is 16.8. The van der Waals surface area contributed by atoms with E-state index < -0.39 is 6.10 Å². The van der Waals surface area contributed by atoms with Gasteiger partial charge in [0.05, 0.1) is 0 Å². The summed E-state index contributed by atoms with van der Waals surface area (Å²) in [7, 11) is 0. The lowest BCUT2D eigenvalue weighted by Crippen LogP contribution is -2.30. The summed E-state index contributed by atoms with van der Waals surface area (Å²) in [6.45, 7) is 6.44. The average Bonchev–Trinajstić information content (AvgIpc) is 3.33. The molecular weight excluding hydrogens is 829 g/mol. The SMILES string of the molecule is CC/C=C\C/C=C\C/C=C\C/C=C\C/C=C\CCCCCC(=O)OCC(COC(=O)CCCCC/C=C\CCCCCCCC)OC(=O)CCCCCCCCC/C=C\C/C=C\CCCCC. The van der Waals surface area contributed by atoms with E-state index in [-0.39, 0.29) is 31.1 Å². The first-order chi connectivity index (χ1) is 33.0. The highest BCUT2D eigenvalue weighted by atomic mass is 16.6. The molecule has 0 aromatic carbocycles. The van der Waals surface area contributed by atoms with E-state index in [2.05, 4.69) is 118 Å². The molecule has 0 spiro atoms. The van der Waals surface area contributed by atoms with Gasteiger partial charge < -0.3 is 14.2 Å². The Hall–Kier alpha value is -3.67. The Morgan fingerprint density at radius 1 is 0.313 bits per heavy atom. The minimum atomic E-state index is -0.802. The smallest absolute Gasteiger partial charge is 0.306 e. The molecule has 0 radical (unpaired) electrons. The third-order valence-electron chi connectivity index (χ3n) is 11.5. The number of carbonyl (C=O) groups is 3. The van der Waals surface area contributed by atoms with Crippen LogP contribution in [-0.4, -0.2) is 37.2 Å². The Kier molecular flexibility index (Phi) is 51.9. The second kappa shape index (κ2) is 54.9. The highest BCUT2D eigenvalue weighted by Gasteiger charge is 2.19. The molecule has 67 heavy (non-hydrogen) atoms. The molecule has 0 fully saturated rings. The molecule has 0 saturated heterocycles. The number of hydrogen-bond acceptors (Lipinski definition) is 6. The molecule has 0 aliphatic heterocycles. The van der Waals surface area contributed by atoms with Gasteiger partial charge in [-0.1, -0.05) is 208 Å². The number of unbranched alkanes of at least 4 members (excludes halogenated alkanes) is 22. The van der Waals surface area contributed by atoms with Gasteiger partial charge in [-0.05, 0) is 122 Å². The van der Waals surface area contributed by atoms with E-state index in [1.807, 2.05) is 0 Å². The standard InChI is InChI=1S/C61H102O6/c1-4-7-10-13-16-19-22-25-27-29-30-32-33-36-39-42-45-48-51-54-60(63)66-57-58(56-65-59(62)53-50-47-44-41-38-35-24-21-18-15-12-9-6-3)67-61(64)55-52-49-46-43-40-37-34-31-28-26-23-20-17-14-11-8-5-2/h7,10,16-17,19-20,25-28,30,32,35-36,38-39,58H,4-6,8-9,11-15,18,21-24,29,31,33-34,37,40-57H2,1-3H3/b10-7-,19-16-,20-17-,27-25-,28-26-,32-30-,38-35-,39-36-. The van der Waals surface area contributed by atoms with Crippen molar-refractivity contribution in [1.29, 1.82) is 0 Å². The maximum Gasteiger partial charge on any atom is 0.306 e. The van der Waals surface area contributed by atoms with Crippen LogP contribution in [0.3, 0.4) is 0 Å². The van der Waals surface area contributed by atoms with E-state index in [1.54, 1.807) is 0 Å². The monoisotopic (exact) mass is 931 g/mol. The lowest BCUT2D eigenvalue weighted by atomic mass is 10.1. The summed E-state index contributed by atoms with van der Waals surface area (Å²) in [5.74, 6) is -0.955. The van der Waals surface area contributed by atoms with Crippen LogP contribution in [-0.2, 0) is 28.6 Å². The predicted molar refractivity (Wildman–Crippen MR) is 288 cm³/mol. The second-order valence-corrected chi connectivity index (χ2v) is 18.1. The van der Waals surface area contributed by atoms with Crippen LogP contribution in [0.5, 0.6) is 0 Å². The Labute approximate surface area is 413 Å². The number of carbonyl (C=O) groups excluding carboxylic acids is 3. The molecule has 0 saturated carbocycles. The molecule has 0 aliphatic rings. The Morgan fingerprint density at radius 2 is 0.582 bits per heavy atom. The van der Waals surface area contributed by atoms with Crippen LogP contribution in [0.25, 0.3) is 0 Å². The summed E-state index contributed by atoms with van der Waals surface area (Å²) in [5.41, 5.74) is 0. The highest BCUT2D eigenvalue weighted by Crippen LogP contribution is 2.14. The second-order valence-electron chi connectivity index (χ2n) is 18.1. The predicted octanol–water partition coefficient (Wildman–Crippen LogP) is 18.5. The van der Waals surface area contributed by atoms with E-state index >= 15 is 0 Å². The molecule has 0 bridgehead atoms. The van der Waals surface area contributed by atoms with Gasteiger partial charge in [-0.15, -0.1) is 0 Å². The van der Waals surface area contributed by atoms with Crippen molar-refractivity contribution in [2.45, 2.75) is 258 Å². The molecular formula is C61H102O6. The number of esters is 3. The fourth-order valence-electron chi connectivity index (χ4n) is 7.37. The van der Waals surface area contributed by atoms with E-state index in [1.165, 1.54) is 89.9 Å². The van der Waals surface area contributed by atoms with Crippen molar-refractivity contribution < 1.29 is 28.6 Å². The fraction of sp³-hybridized carbons (Fsp3) is 0.689. The van der Waals surface area contributed by atoms with Crippen LogP contribution in [0, 0.1) is 0 Å². The molecule has 0 aromatic rings. The van der Waals surface area contributed by atoms with E-state index in [0.717, 1.165) is 122 Å². The number of allylic oxidation sites excluding steroid dienone is 16. The van der Waals surface area contributed by atoms with Gasteiger partial charge in [-0.25, -0.2) is 0 Å².